The molecule has 1 saturated heterocycles. The summed E-state index contributed by atoms with van der Waals surface area (Å²) in [6.07, 6.45) is 1.02. The zero-order valence-electron chi connectivity index (χ0n) is 13.0. The van der Waals surface area contributed by atoms with Gasteiger partial charge in [0, 0.05) is 32.2 Å². The lowest BCUT2D eigenvalue weighted by atomic mass is 9.94. The largest absolute Gasteiger partial charge is 0.314 e. The average Bonchev–Trinajstić information content (AvgIpc) is 2.46. The van der Waals surface area contributed by atoms with Gasteiger partial charge in [-0.1, -0.05) is 19.9 Å². The van der Waals surface area contributed by atoms with E-state index in [1.54, 1.807) is 6.07 Å². The van der Waals surface area contributed by atoms with E-state index in [2.05, 4.69) is 24.1 Å². The highest BCUT2D eigenvalue weighted by Crippen LogP contribution is 2.29. The highest BCUT2D eigenvalue weighted by atomic mass is 35.5. The minimum atomic E-state index is -0.431. The molecule has 1 aliphatic heterocycles. The predicted molar refractivity (Wildman–Crippen MR) is 92.2 cm³/mol. The monoisotopic (exact) mass is 347 g/mol. The van der Waals surface area contributed by atoms with Crippen LogP contribution in [-0.4, -0.2) is 31.1 Å². The molecule has 3 nitrogen and oxygen atoms in total. The summed E-state index contributed by atoms with van der Waals surface area (Å²) in [6.45, 7) is 8.36. The van der Waals surface area contributed by atoms with E-state index in [1.165, 1.54) is 6.07 Å². The molecule has 0 unspecified atom stereocenters. The summed E-state index contributed by atoms with van der Waals surface area (Å²) in [5.41, 5.74) is 1.20. The summed E-state index contributed by atoms with van der Waals surface area (Å²) in [4.78, 5) is 2.44. The van der Waals surface area contributed by atoms with Gasteiger partial charge in [-0.2, -0.15) is 5.26 Å². The number of nitrogens with zero attached hydrogens (tertiary/aromatic N) is 2. The fourth-order valence-corrected chi connectivity index (χ4v) is 2.77. The van der Waals surface area contributed by atoms with Crippen molar-refractivity contribution in [3.8, 4) is 6.07 Å². The SMILES string of the molecule is CC(C)C[C@@H](c1ccc(F)c(C#N)c1)N1CCNCC1.Cl.Cl. The van der Waals surface area contributed by atoms with Crippen LogP contribution in [0.3, 0.4) is 0 Å². The summed E-state index contributed by atoms with van der Waals surface area (Å²) in [5, 5.41) is 12.4. The first-order chi connectivity index (χ1) is 9.61. The number of halogens is 3. The molecule has 0 saturated carbocycles. The molecule has 1 N–H and O–H groups in total. The van der Waals surface area contributed by atoms with E-state index >= 15 is 0 Å². The minimum absolute atomic E-state index is 0. The second kappa shape index (κ2) is 10.0. The van der Waals surface area contributed by atoms with Crippen molar-refractivity contribution in [2.24, 2.45) is 5.92 Å². The molecule has 0 radical (unpaired) electrons. The zero-order chi connectivity index (χ0) is 14.5. The van der Waals surface area contributed by atoms with E-state index in [1.807, 2.05) is 12.1 Å². The van der Waals surface area contributed by atoms with Crippen LogP contribution >= 0.6 is 24.8 Å². The maximum Gasteiger partial charge on any atom is 0.140 e. The van der Waals surface area contributed by atoms with E-state index in [-0.39, 0.29) is 36.4 Å². The standard InChI is InChI=1S/C16H22FN3.2ClH/c1-12(2)9-16(20-7-5-19-6-8-20)13-3-4-15(17)14(10-13)11-18;;/h3-4,10,12,16,19H,5-9H2,1-2H3;2*1H/t16-;;/m0../s1. The second-order valence-corrected chi connectivity index (χ2v) is 5.78. The minimum Gasteiger partial charge on any atom is -0.314 e. The summed E-state index contributed by atoms with van der Waals surface area (Å²) in [7, 11) is 0. The van der Waals surface area contributed by atoms with Gasteiger partial charge in [0.25, 0.3) is 0 Å². The molecule has 0 bridgehead atoms. The van der Waals surface area contributed by atoms with Crippen LogP contribution < -0.4 is 5.32 Å². The number of nitriles is 1. The normalized spacial score (nSPS) is 16.3. The van der Waals surface area contributed by atoms with Crippen molar-refractivity contribution in [1.82, 2.24) is 10.2 Å². The highest BCUT2D eigenvalue weighted by molar-refractivity contribution is 5.85. The molecule has 1 heterocycles. The van der Waals surface area contributed by atoms with Crippen LogP contribution in [0.4, 0.5) is 4.39 Å². The van der Waals surface area contributed by atoms with Crippen LogP contribution in [0.1, 0.15) is 37.4 Å². The Hall–Kier alpha value is -0.860. The number of rotatable bonds is 4. The summed E-state index contributed by atoms with van der Waals surface area (Å²) in [6, 6.07) is 7.17. The molecular weight excluding hydrogens is 324 g/mol. The van der Waals surface area contributed by atoms with E-state index in [0.717, 1.165) is 38.2 Å². The molecule has 1 atom stereocenters. The Kier molecular flexibility index (Phi) is 9.63. The van der Waals surface area contributed by atoms with Gasteiger partial charge in [-0.15, -0.1) is 24.8 Å². The third-order valence-electron chi connectivity index (χ3n) is 3.78. The quantitative estimate of drug-likeness (QED) is 0.905. The number of piperazine rings is 1. The molecule has 22 heavy (non-hydrogen) atoms. The van der Waals surface area contributed by atoms with Crippen molar-refractivity contribution in [3.05, 3.63) is 35.1 Å². The Balaban J connectivity index is 0.00000220. The Bertz CT molecular complexity index is 497. The lowest BCUT2D eigenvalue weighted by molar-refractivity contribution is 0.154. The molecule has 1 aromatic carbocycles. The number of nitrogens with one attached hydrogen (secondary N) is 1. The number of benzene rings is 1. The van der Waals surface area contributed by atoms with Gasteiger partial charge >= 0.3 is 0 Å². The molecule has 0 aliphatic carbocycles. The first kappa shape index (κ1) is 21.1. The van der Waals surface area contributed by atoms with Crippen LogP contribution in [0.25, 0.3) is 0 Å². The molecule has 0 aromatic heterocycles. The third-order valence-corrected chi connectivity index (χ3v) is 3.78. The van der Waals surface area contributed by atoms with Crippen LogP contribution in [0.5, 0.6) is 0 Å². The first-order valence-electron chi connectivity index (χ1n) is 7.26. The van der Waals surface area contributed by atoms with Crippen molar-refractivity contribution < 1.29 is 4.39 Å². The Labute approximate surface area is 144 Å². The molecule has 1 aromatic rings. The van der Waals surface area contributed by atoms with Gasteiger partial charge in [-0.3, -0.25) is 4.90 Å². The lowest BCUT2D eigenvalue weighted by Crippen LogP contribution is -2.45. The number of hydrogen-bond acceptors (Lipinski definition) is 3. The third kappa shape index (κ3) is 5.40. The number of hydrogen-bond donors (Lipinski definition) is 1. The van der Waals surface area contributed by atoms with Crippen LogP contribution in [0.2, 0.25) is 0 Å². The van der Waals surface area contributed by atoms with Crippen molar-refractivity contribution >= 4 is 24.8 Å². The second-order valence-electron chi connectivity index (χ2n) is 5.78. The van der Waals surface area contributed by atoms with Crippen molar-refractivity contribution in [2.75, 3.05) is 26.2 Å². The Morgan fingerprint density at radius 1 is 1.27 bits per heavy atom. The molecular formula is C16H24Cl2FN3. The maximum atomic E-state index is 13.5. The molecule has 0 amide bonds. The van der Waals surface area contributed by atoms with E-state index in [0.29, 0.717) is 5.92 Å². The van der Waals surface area contributed by atoms with Crippen LogP contribution in [0.15, 0.2) is 18.2 Å². The van der Waals surface area contributed by atoms with Gasteiger partial charge in [0.2, 0.25) is 0 Å². The molecule has 1 aliphatic rings. The van der Waals surface area contributed by atoms with Crippen LogP contribution in [-0.2, 0) is 0 Å². The molecule has 124 valence electrons. The van der Waals surface area contributed by atoms with Gasteiger partial charge in [0.1, 0.15) is 11.9 Å². The molecule has 0 spiro atoms. The topological polar surface area (TPSA) is 39.1 Å². The van der Waals surface area contributed by atoms with Gasteiger partial charge < -0.3 is 5.32 Å². The zero-order valence-corrected chi connectivity index (χ0v) is 14.6. The Morgan fingerprint density at radius 2 is 1.91 bits per heavy atom. The lowest BCUT2D eigenvalue weighted by Gasteiger charge is -2.36. The molecule has 2 rings (SSSR count). The van der Waals surface area contributed by atoms with E-state index in [9.17, 15) is 4.39 Å². The van der Waals surface area contributed by atoms with Gasteiger partial charge in [0.15, 0.2) is 0 Å². The summed E-state index contributed by atoms with van der Waals surface area (Å²) >= 11 is 0. The van der Waals surface area contributed by atoms with Crippen LogP contribution in [0, 0.1) is 23.1 Å². The summed E-state index contributed by atoms with van der Waals surface area (Å²) < 4.78 is 13.5. The Morgan fingerprint density at radius 3 is 2.45 bits per heavy atom. The van der Waals surface area contributed by atoms with E-state index in [4.69, 9.17) is 5.26 Å². The van der Waals surface area contributed by atoms with Crippen molar-refractivity contribution in [3.63, 3.8) is 0 Å². The average molecular weight is 348 g/mol. The molecule has 1 fully saturated rings. The molecule has 6 heteroatoms. The fraction of sp³-hybridized carbons (Fsp3) is 0.562. The van der Waals surface area contributed by atoms with Gasteiger partial charge in [0.05, 0.1) is 5.56 Å². The maximum absolute atomic E-state index is 13.5. The fourth-order valence-electron chi connectivity index (χ4n) is 2.77. The summed E-state index contributed by atoms with van der Waals surface area (Å²) in [5.74, 6) is 0.130. The van der Waals surface area contributed by atoms with E-state index < -0.39 is 5.82 Å². The highest BCUT2D eigenvalue weighted by Gasteiger charge is 2.23. The predicted octanol–water partition coefficient (Wildman–Crippen LogP) is 3.53. The van der Waals surface area contributed by atoms with Gasteiger partial charge in [-0.25, -0.2) is 4.39 Å². The first-order valence-corrected chi connectivity index (χ1v) is 7.26. The van der Waals surface area contributed by atoms with Crippen molar-refractivity contribution in [2.45, 2.75) is 26.3 Å². The van der Waals surface area contributed by atoms with Crippen molar-refractivity contribution in [1.29, 1.82) is 5.26 Å². The van der Waals surface area contributed by atoms with Gasteiger partial charge in [-0.05, 0) is 30.0 Å². The smallest absolute Gasteiger partial charge is 0.140 e.